The molecule has 1 aliphatic heterocycles. The zero-order chi connectivity index (χ0) is 25.1. The van der Waals surface area contributed by atoms with Crippen molar-refractivity contribution in [3.63, 3.8) is 0 Å². The summed E-state index contributed by atoms with van der Waals surface area (Å²) in [6, 6.07) is 14.2. The van der Waals surface area contributed by atoms with Crippen molar-refractivity contribution in [3.05, 3.63) is 83.7 Å². The monoisotopic (exact) mass is 475 g/mol. The smallest absolute Gasteiger partial charge is 0.310 e. The van der Waals surface area contributed by atoms with E-state index in [-0.39, 0.29) is 18.1 Å². The van der Waals surface area contributed by atoms with Gasteiger partial charge in [0.25, 0.3) is 5.91 Å². The molecule has 0 N–H and O–H groups in total. The maximum atomic E-state index is 13.6. The fraction of sp³-hybridized carbons (Fsp3) is 0.160. The van der Waals surface area contributed by atoms with Crippen molar-refractivity contribution < 1.29 is 23.2 Å². The van der Waals surface area contributed by atoms with Crippen LogP contribution in [0.25, 0.3) is 22.6 Å². The van der Waals surface area contributed by atoms with Crippen molar-refractivity contribution in [3.8, 4) is 22.6 Å². The predicted octanol–water partition coefficient (Wildman–Crippen LogP) is 4.44. The average molecular weight is 475 g/mol. The van der Waals surface area contributed by atoms with Crippen molar-refractivity contribution in [1.82, 2.24) is 19.7 Å². The molecule has 0 fully saturated rings. The summed E-state index contributed by atoms with van der Waals surface area (Å²) in [5.74, 6) is -0.414. The minimum atomic E-state index is -0.663. The Bertz CT molecular complexity index is 1420. The number of carbonyl (C=O) groups excluding carboxylic acids is 3. The lowest BCUT2D eigenvalue weighted by molar-refractivity contribution is -0.191. The number of carbonyl (C=O) groups is 1. The van der Waals surface area contributed by atoms with E-state index in [1.165, 1.54) is 12.1 Å². The fourth-order valence-electron chi connectivity index (χ4n) is 3.89. The Labute approximate surface area is 198 Å². The molecule has 0 saturated heterocycles. The van der Waals surface area contributed by atoms with E-state index in [1.807, 2.05) is 36.6 Å². The van der Waals surface area contributed by atoms with Crippen molar-refractivity contribution >= 4 is 17.9 Å². The molecule has 4 aromatic rings. The Balaban J connectivity index is 0.000000917. The number of hydrogen-bond acceptors (Lipinski definition) is 6. The van der Waals surface area contributed by atoms with Gasteiger partial charge in [-0.1, -0.05) is 18.2 Å². The van der Waals surface area contributed by atoms with Crippen LogP contribution in [0.3, 0.4) is 0 Å². The van der Waals surface area contributed by atoms with Crippen LogP contribution >= 0.6 is 0 Å². The first-order valence-electron chi connectivity index (χ1n) is 10.6. The summed E-state index contributed by atoms with van der Waals surface area (Å²) in [6.45, 7) is 4.41. The van der Waals surface area contributed by atoms with E-state index in [0.29, 0.717) is 40.6 Å². The van der Waals surface area contributed by atoms with Gasteiger partial charge in [-0.05, 0) is 60.9 Å². The van der Waals surface area contributed by atoms with Gasteiger partial charge in [0, 0.05) is 17.7 Å². The number of hydrogen-bond donors (Lipinski definition) is 0. The Morgan fingerprint density at radius 2 is 1.69 bits per heavy atom. The largest absolute Gasteiger partial charge is 0.373 e. The number of anilines is 1. The van der Waals surface area contributed by atoms with Gasteiger partial charge in [0.2, 0.25) is 0 Å². The molecule has 10 heteroatoms. The Morgan fingerprint density at radius 3 is 2.37 bits per heavy atom. The Morgan fingerprint density at radius 1 is 0.971 bits per heavy atom. The zero-order valence-corrected chi connectivity index (χ0v) is 18.8. The second-order valence-electron chi connectivity index (χ2n) is 8.04. The van der Waals surface area contributed by atoms with E-state index >= 15 is 0 Å². The van der Waals surface area contributed by atoms with Gasteiger partial charge in [0.05, 0.1) is 6.54 Å². The van der Waals surface area contributed by atoms with Gasteiger partial charge in [0.15, 0.2) is 5.82 Å². The maximum Gasteiger partial charge on any atom is 0.373 e. The first-order valence-corrected chi connectivity index (χ1v) is 10.6. The van der Waals surface area contributed by atoms with E-state index in [4.69, 9.17) is 9.59 Å². The van der Waals surface area contributed by atoms with E-state index in [0.717, 1.165) is 11.6 Å². The molecule has 0 bridgehead atoms. The van der Waals surface area contributed by atoms with Gasteiger partial charge < -0.3 is 4.57 Å². The topological polar surface area (TPSA) is 98.1 Å². The van der Waals surface area contributed by atoms with Gasteiger partial charge in [-0.3, -0.25) is 9.69 Å². The molecule has 0 unspecified atom stereocenters. The number of nitrogens with zero attached hydrogens (tertiary/aromatic N) is 5. The summed E-state index contributed by atoms with van der Waals surface area (Å²) in [5, 5.41) is 8.16. The number of rotatable bonds is 4. The molecular formula is C25H19F2N5O3. The van der Waals surface area contributed by atoms with Crippen LogP contribution in [0.1, 0.15) is 35.8 Å². The summed E-state index contributed by atoms with van der Waals surface area (Å²) in [5.41, 5.74) is 2.89. The molecule has 8 nitrogen and oxygen atoms in total. The molecule has 5 rings (SSSR count). The molecule has 2 aromatic carbocycles. The zero-order valence-electron chi connectivity index (χ0n) is 18.8. The highest BCUT2D eigenvalue weighted by molar-refractivity contribution is 6.10. The first kappa shape index (κ1) is 23.6. The van der Waals surface area contributed by atoms with Crippen LogP contribution in [0.15, 0.2) is 60.9 Å². The highest BCUT2D eigenvalue weighted by Crippen LogP contribution is 2.32. The fourth-order valence-corrected chi connectivity index (χ4v) is 3.89. The number of fused-ring (bicyclic) bond motifs is 1. The number of pyridine rings is 1. The molecule has 0 spiro atoms. The van der Waals surface area contributed by atoms with Crippen LogP contribution in [0, 0.1) is 11.6 Å². The average Bonchev–Trinajstić information content (AvgIpc) is 3.44. The lowest BCUT2D eigenvalue weighted by atomic mass is 10.0. The van der Waals surface area contributed by atoms with Gasteiger partial charge in [-0.25, -0.2) is 13.8 Å². The number of aromatic nitrogens is 4. The van der Waals surface area contributed by atoms with Crippen LogP contribution in [0.2, 0.25) is 0 Å². The highest BCUT2D eigenvalue weighted by atomic mass is 19.1. The molecule has 176 valence electrons. The van der Waals surface area contributed by atoms with Crippen LogP contribution < -0.4 is 4.90 Å². The van der Waals surface area contributed by atoms with Crippen LogP contribution in [0.5, 0.6) is 0 Å². The number of halogens is 2. The lowest BCUT2D eigenvalue weighted by Crippen LogP contribution is -2.24. The molecule has 1 amide bonds. The van der Waals surface area contributed by atoms with Gasteiger partial charge in [0.1, 0.15) is 29.5 Å². The summed E-state index contributed by atoms with van der Waals surface area (Å²) in [6.07, 6.45) is 1.90. The van der Waals surface area contributed by atoms with Crippen molar-refractivity contribution in [2.45, 2.75) is 26.4 Å². The summed E-state index contributed by atoms with van der Waals surface area (Å²) < 4.78 is 29.2. The lowest BCUT2D eigenvalue weighted by Gasteiger charge is -2.16. The van der Waals surface area contributed by atoms with Crippen LogP contribution in [0.4, 0.5) is 14.6 Å². The minimum absolute atomic E-state index is 0.161. The van der Waals surface area contributed by atoms with Gasteiger partial charge in [-0.2, -0.15) is 9.59 Å². The second-order valence-corrected chi connectivity index (χ2v) is 8.04. The molecule has 1 aliphatic rings. The summed E-state index contributed by atoms with van der Waals surface area (Å²) in [4.78, 5) is 35.7. The third-order valence-electron chi connectivity index (χ3n) is 5.48. The normalized spacial score (nSPS) is 12.3. The third-order valence-corrected chi connectivity index (χ3v) is 5.48. The second kappa shape index (κ2) is 9.74. The van der Waals surface area contributed by atoms with Gasteiger partial charge in [-0.15, -0.1) is 10.2 Å². The maximum absolute atomic E-state index is 13.6. The number of benzene rings is 2. The van der Waals surface area contributed by atoms with E-state index < -0.39 is 11.6 Å². The molecule has 0 radical (unpaired) electrons. The molecule has 2 aromatic heterocycles. The van der Waals surface area contributed by atoms with Crippen molar-refractivity contribution in [1.29, 1.82) is 0 Å². The Kier molecular flexibility index (Phi) is 6.57. The quantitative estimate of drug-likeness (QED) is 0.433. The van der Waals surface area contributed by atoms with Crippen molar-refractivity contribution in [2.75, 3.05) is 4.90 Å². The summed E-state index contributed by atoms with van der Waals surface area (Å²) in [7, 11) is 0. The number of amides is 1. The molecule has 3 heterocycles. The van der Waals surface area contributed by atoms with Gasteiger partial charge >= 0.3 is 6.15 Å². The standard InChI is InChI=1S/C24H19F2N5O.CO2/c1-14(2)31-13-27-29-23(31)21-4-3-5-22(28-21)30-12-16-7-6-15(10-20(16)24(30)32)17-8-18(25)11-19(26)9-17;2-1-3/h3-11,13-14H,12H2,1-2H3;. The molecule has 0 atom stereocenters. The SMILES string of the molecule is CC(C)n1cnnc1-c1cccc(N2Cc3ccc(-c4cc(F)cc(F)c4)cc3C2=O)n1.O=C=O. The van der Waals surface area contributed by atoms with E-state index in [9.17, 15) is 13.6 Å². The van der Waals surface area contributed by atoms with Crippen LogP contribution in [-0.2, 0) is 16.1 Å². The van der Waals surface area contributed by atoms with Crippen LogP contribution in [-0.4, -0.2) is 31.8 Å². The van der Waals surface area contributed by atoms with E-state index in [1.54, 1.807) is 29.4 Å². The molecular weight excluding hydrogens is 456 g/mol. The Hall–Kier alpha value is -4.56. The van der Waals surface area contributed by atoms with E-state index in [2.05, 4.69) is 15.2 Å². The first-order chi connectivity index (χ1) is 16.8. The molecule has 0 aliphatic carbocycles. The minimum Gasteiger partial charge on any atom is -0.310 e. The third kappa shape index (κ3) is 4.73. The summed E-state index contributed by atoms with van der Waals surface area (Å²) >= 11 is 0. The highest BCUT2D eigenvalue weighted by Gasteiger charge is 2.30. The predicted molar refractivity (Wildman–Crippen MR) is 121 cm³/mol. The van der Waals surface area contributed by atoms with Crippen molar-refractivity contribution in [2.24, 2.45) is 0 Å². The molecule has 0 saturated carbocycles. The molecule has 35 heavy (non-hydrogen) atoms.